The maximum atomic E-state index is 4.20. The third-order valence-electron chi connectivity index (χ3n) is 3.71. The van der Waals surface area contributed by atoms with Crippen molar-refractivity contribution in [3.8, 4) is 11.1 Å². The number of nitrogens with one attached hydrogen (secondary N) is 1. The molecule has 4 nitrogen and oxygen atoms in total. The number of unbranched alkanes of at least 4 members (excludes halogenated alkanes) is 2. The summed E-state index contributed by atoms with van der Waals surface area (Å²) in [4.78, 5) is 0. The standard InChI is InChI=1S/C17H24N4/c1-3-5-7-12-15(4-2)19-17-16(13-18-21-20-17)14-10-8-6-9-11-14/h6,8-11,13,15H,3-5,7,12H2,1-2H3,(H,18,19,20). The van der Waals surface area contributed by atoms with Gasteiger partial charge in [0.15, 0.2) is 5.82 Å². The van der Waals surface area contributed by atoms with Crippen LogP contribution in [0.2, 0.25) is 0 Å². The van der Waals surface area contributed by atoms with Crippen LogP contribution in [0.5, 0.6) is 0 Å². The second-order valence-corrected chi connectivity index (χ2v) is 5.31. The minimum absolute atomic E-state index is 0.440. The van der Waals surface area contributed by atoms with Crippen molar-refractivity contribution < 1.29 is 0 Å². The van der Waals surface area contributed by atoms with Gasteiger partial charge in [0.2, 0.25) is 0 Å². The van der Waals surface area contributed by atoms with Crippen molar-refractivity contribution in [2.75, 3.05) is 5.32 Å². The van der Waals surface area contributed by atoms with Crippen LogP contribution in [0.3, 0.4) is 0 Å². The van der Waals surface area contributed by atoms with E-state index >= 15 is 0 Å². The molecule has 0 radical (unpaired) electrons. The predicted molar refractivity (Wildman–Crippen MR) is 87.1 cm³/mol. The monoisotopic (exact) mass is 284 g/mol. The van der Waals surface area contributed by atoms with E-state index in [0.717, 1.165) is 23.4 Å². The third-order valence-corrected chi connectivity index (χ3v) is 3.71. The number of hydrogen-bond donors (Lipinski definition) is 1. The lowest BCUT2D eigenvalue weighted by Gasteiger charge is -2.18. The molecule has 0 fully saturated rings. The van der Waals surface area contributed by atoms with Crippen LogP contribution in [-0.4, -0.2) is 21.5 Å². The number of aromatic nitrogens is 3. The molecule has 1 atom stereocenters. The molecule has 0 aliphatic carbocycles. The van der Waals surface area contributed by atoms with Crippen LogP contribution in [0.15, 0.2) is 36.5 Å². The highest BCUT2D eigenvalue weighted by molar-refractivity contribution is 5.73. The molecule has 1 aromatic carbocycles. The van der Waals surface area contributed by atoms with E-state index in [1.807, 2.05) is 18.2 Å². The Balaban J connectivity index is 2.12. The Bertz CT molecular complexity index is 527. The maximum absolute atomic E-state index is 4.20. The van der Waals surface area contributed by atoms with Crippen LogP contribution in [0.1, 0.15) is 46.0 Å². The molecule has 0 saturated carbocycles. The molecule has 0 amide bonds. The zero-order chi connectivity index (χ0) is 14.9. The number of hydrogen-bond acceptors (Lipinski definition) is 4. The first-order chi connectivity index (χ1) is 10.3. The van der Waals surface area contributed by atoms with Crippen molar-refractivity contribution in [1.82, 2.24) is 15.4 Å². The fraction of sp³-hybridized carbons (Fsp3) is 0.471. The molecule has 0 aliphatic rings. The minimum Gasteiger partial charge on any atom is -0.365 e. The largest absolute Gasteiger partial charge is 0.365 e. The van der Waals surface area contributed by atoms with Gasteiger partial charge in [-0.2, -0.15) is 0 Å². The Morgan fingerprint density at radius 1 is 1.10 bits per heavy atom. The van der Waals surface area contributed by atoms with Crippen LogP contribution >= 0.6 is 0 Å². The highest BCUT2D eigenvalue weighted by Gasteiger charge is 2.12. The van der Waals surface area contributed by atoms with Gasteiger partial charge in [-0.25, -0.2) is 0 Å². The highest BCUT2D eigenvalue weighted by Crippen LogP contribution is 2.25. The number of anilines is 1. The van der Waals surface area contributed by atoms with E-state index in [9.17, 15) is 0 Å². The van der Waals surface area contributed by atoms with E-state index in [1.54, 1.807) is 6.20 Å². The molecule has 4 heteroatoms. The van der Waals surface area contributed by atoms with Gasteiger partial charge in [0, 0.05) is 11.6 Å². The maximum Gasteiger partial charge on any atom is 0.160 e. The molecule has 1 unspecified atom stereocenters. The summed E-state index contributed by atoms with van der Waals surface area (Å²) in [5.41, 5.74) is 2.13. The zero-order valence-electron chi connectivity index (χ0n) is 12.9. The van der Waals surface area contributed by atoms with Gasteiger partial charge in [0.1, 0.15) is 0 Å². The fourth-order valence-electron chi connectivity index (χ4n) is 2.42. The molecule has 2 rings (SSSR count). The summed E-state index contributed by atoms with van der Waals surface area (Å²) in [5, 5.41) is 15.5. The van der Waals surface area contributed by atoms with Gasteiger partial charge < -0.3 is 5.32 Å². The summed E-state index contributed by atoms with van der Waals surface area (Å²) in [6.45, 7) is 4.44. The number of nitrogens with zero attached hydrogens (tertiary/aromatic N) is 3. The van der Waals surface area contributed by atoms with Gasteiger partial charge in [-0.15, -0.1) is 10.2 Å². The van der Waals surface area contributed by atoms with Crippen molar-refractivity contribution in [2.24, 2.45) is 0 Å². The highest BCUT2D eigenvalue weighted by atomic mass is 15.3. The third kappa shape index (κ3) is 4.52. The lowest BCUT2D eigenvalue weighted by Crippen LogP contribution is -2.20. The normalized spacial score (nSPS) is 12.1. The SMILES string of the molecule is CCCCCC(CC)Nc1nnncc1-c1ccccc1. The van der Waals surface area contributed by atoms with Crippen LogP contribution < -0.4 is 5.32 Å². The molecule has 1 N–H and O–H groups in total. The Kier molecular flexibility index (Phi) is 6.13. The van der Waals surface area contributed by atoms with Crippen LogP contribution in [0.4, 0.5) is 5.82 Å². The van der Waals surface area contributed by atoms with Gasteiger partial charge in [-0.05, 0) is 23.6 Å². The molecule has 0 bridgehead atoms. The van der Waals surface area contributed by atoms with Crippen LogP contribution in [0, 0.1) is 0 Å². The van der Waals surface area contributed by atoms with E-state index < -0.39 is 0 Å². The van der Waals surface area contributed by atoms with E-state index in [1.165, 1.54) is 25.7 Å². The molecule has 112 valence electrons. The summed E-state index contributed by atoms with van der Waals surface area (Å²) < 4.78 is 0. The first-order valence-electron chi connectivity index (χ1n) is 7.85. The van der Waals surface area contributed by atoms with Crippen LogP contribution in [0.25, 0.3) is 11.1 Å². The summed E-state index contributed by atoms with van der Waals surface area (Å²) in [6, 6.07) is 10.6. The lowest BCUT2D eigenvalue weighted by atomic mass is 10.0. The number of rotatable bonds is 8. The van der Waals surface area contributed by atoms with Crippen LogP contribution in [-0.2, 0) is 0 Å². The Hall–Kier alpha value is -1.97. The van der Waals surface area contributed by atoms with E-state index in [0.29, 0.717) is 6.04 Å². The molecule has 0 aliphatic heterocycles. The lowest BCUT2D eigenvalue weighted by molar-refractivity contribution is 0.571. The van der Waals surface area contributed by atoms with E-state index in [2.05, 4.69) is 46.7 Å². The molecule has 0 spiro atoms. The molecule has 21 heavy (non-hydrogen) atoms. The Morgan fingerprint density at radius 2 is 1.90 bits per heavy atom. The minimum atomic E-state index is 0.440. The van der Waals surface area contributed by atoms with Gasteiger partial charge in [0.25, 0.3) is 0 Å². The number of benzene rings is 1. The quantitative estimate of drug-likeness (QED) is 0.734. The topological polar surface area (TPSA) is 50.7 Å². The first-order valence-corrected chi connectivity index (χ1v) is 7.85. The first kappa shape index (κ1) is 15.4. The molecule has 0 saturated heterocycles. The fourth-order valence-corrected chi connectivity index (χ4v) is 2.42. The van der Waals surface area contributed by atoms with E-state index in [4.69, 9.17) is 0 Å². The average molecular weight is 284 g/mol. The Labute approximate surface area is 127 Å². The summed E-state index contributed by atoms with van der Waals surface area (Å²) in [7, 11) is 0. The van der Waals surface area contributed by atoms with Gasteiger partial charge >= 0.3 is 0 Å². The van der Waals surface area contributed by atoms with Crippen molar-refractivity contribution in [1.29, 1.82) is 0 Å². The van der Waals surface area contributed by atoms with E-state index in [-0.39, 0.29) is 0 Å². The smallest absolute Gasteiger partial charge is 0.160 e. The predicted octanol–water partition coefficient (Wildman–Crippen LogP) is 4.31. The van der Waals surface area contributed by atoms with Crippen molar-refractivity contribution in [3.05, 3.63) is 36.5 Å². The van der Waals surface area contributed by atoms with Crippen molar-refractivity contribution >= 4 is 5.82 Å². The second-order valence-electron chi connectivity index (χ2n) is 5.31. The van der Waals surface area contributed by atoms with Crippen molar-refractivity contribution in [3.63, 3.8) is 0 Å². The van der Waals surface area contributed by atoms with Gasteiger partial charge in [-0.1, -0.05) is 63.4 Å². The van der Waals surface area contributed by atoms with Gasteiger partial charge in [0.05, 0.1) is 6.20 Å². The summed E-state index contributed by atoms with van der Waals surface area (Å²) in [5.74, 6) is 0.833. The van der Waals surface area contributed by atoms with Crippen molar-refractivity contribution in [2.45, 2.75) is 52.0 Å². The van der Waals surface area contributed by atoms with Gasteiger partial charge in [-0.3, -0.25) is 0 Å². The average Bonchev–Trinajstić information content (AvgIpc) is 2.55. The molecule has 1 heterocycles. The molecule has 2 aromatic rings. The summed E-state index contributed by atoms with van der Waals surface area (Å²) in [6.07, 6.45) is 7.82. The molecule has 1 aromatic heterocycles. The second kappa shape index (κ2) is 8.35. The zero-order valence-corrected chi connectivity index (χ0v) is 12.9. The summed E-state index contributed by atoms with van der Waals surface area (Å²) >= 11 is 0. The Morgan fingerprint density at radius 3 is 2.62 bits per heavy atom. The molecular formula is C17H24N4. The molecular weight excluding hydrogens is 260 g/mol.